The molecule has 1 fully saturated rings. The average molecular weight is 432 g/mol. The fourth-order valence-corrected chi connectivity index (χ4v) is 4.17. The maximum Gasteiger partial charge on any atom is 0.283 e. The van der Waals surface area contributed by atoms with E-state index in [0.717, 1.165) is 23.5 Å². The molecule has 1 heterocycles. The molecule has 2 aromatic rings. The predicted octanol–water partition coefficient (Wildman–Crippen LogP) is 3.81. The number of nitrogens with zero attached hydrogens (tertiary/aromatic N) is 1. The van der Waals surface area contributed by atoms with Gasteiger partial charge in [0.05, 0.1) is 20.5 Å². The van der Waals surface area contributed by atoms with E-state index < -0.39 is 4.92 Å². The molecule has 2 aromatic carbocycles. The van der Waals surface area contributed by atoms with Gasteiger partial charge in [-0.15, -0.1) is 11.8 Å². The number of para-hydroxylation sites is 1. The minimum absolute atomic E-state index is 0.0305. The maximum absolute atomic E-state index is 12.1. The number of thioether (sulfide) groups is 2. The van der Waals surface area contributed by atoms with Crippen LogP contribution in [0.4, 0.5) is 11.4 Å². The summed E-state index contributed by atoms with van der Waals surface area (Å²) in [7, 11) is 0. The fourth-order valence-electron chi connectivity index (χ4n) is 2.32. The highest BCUT2D eigenvalue weighted by Gasteiger charge is 2.23. The van der Waals surface area contributed by atoms with Crippen molar-refractivity contribution >= 4 is 69.3 Å². The number of benzene rings is 2. The summed E-state index contributed by atoms with van der Waals surface area (Å²) < 4.78 is 0.349. The molecule has 10 heteroatoms. The Bertz CT molecular complexity index is 993. The lowest BCUT2D eigenvalue weighted by Crippen LogP contribution is -2.17. The molecule has 1 saturated heterocycles. The molecule has 1 aliphatic heterocycles. The molecule has 2 amide bonds. The van der Waals surface area contributed by atoms with Gasteiger partial charge in [-0.3, -0.25) is 19.7 Å². The molecule has 1 aliphatic rings. The number of nitrogens with one attached hydrogen (secondary N) is 2. The first-order chi connectivity index (χ1) is 13.4. The summed E-state index contributed by atoms with van der Waals surface area (Å²) in [6.07, 6.45) is 1.54. The van der Waals surface area contributed by atoms with Crippen molar-refractivity contribution in [3.05, 3.63) is 69.1 Å². The molecule has 0 aromatic heterocycles. The number of nitro benzene ring substituents is 1. The van der Waals surface area contributed by atoms with Crippen LogP contribution in [0.25, 0.3) is 6.08 Å². The zero-order valence-corrected chi connectivity index (χ0v) is 16.7. The van der Waals surface area contributed by atoms with Crippen LogP contribution in [0, 0.1) is 10.1 Å². The largest absolute Gasteiger partial charge is 0.325 e. The monoisotopic (exact) mass is 431 g/mol. The molecule has 0 aliphatic carbocycles. The first-order valence-corrected chi connectivity index (χ1v) is 10.1. The number of anilines is 1. The quantitative estimate of drug-likeness (QED) is 0.236. The lowest BCUT2D eigenvalue weighted by atomic mass is 10.2. The van der Waals surface area contributed by atoms with Crippen molar-refractivity contribution in [1.29, 1.82) is 0 Å². The normalized spacial score (nSPS) is 14.8. The minimum Gasteiger partial charge on any atom is -0.325 e. The van der Waals surface area contributed by atoms with E-state index in [0.29, 0.717) is 25.4 Å². The van der Waals surface area contributed by atoms with Crippen molar-refractivity contribution in [2.75, 3.05) is 11.1 Å². The van der Waals surface area contributed by atoms with Crippen LogP contribution >= 0.6 is 35.7 Å². The van der Waals surface area contributed by atoms with E-state index in [-0.39, 0.29) is 23.3 Å². The Morgan fingerprint density at radius 3 is 2.68 bits per heavy atom. The third kappa shape index (κ3) is 5.18. The van der Waals surface area contributed by atoms with Crippen molar-refractivity contribution in [2.24, 2.45) is 0 Å². The number of carbonyl (C=O) groups excluding carboxylic acids is 2. The van der Waals surface area contributed by atoms with Crippen LogP contribution in [0.15, 0.2) is 58.3 Å². The smallest absolute Gasteiger partial charge is 0.283 e. The molecule has 0 unspecified atom stereocenters. The third-order valence-corrected chi connectivity index (χ3v) is 5.76. The predicted molar refractivity (Wildman–Crippen MR) is 115 cm³/mol. The second kappa shape index (κ2) is 9.00. The van der Waals surface area contributed by atoms with E-state index in [2.05, 4.69) is 10.6 Å². The Hall–Kier alpha value is -2.69. The van der Waals surface area contributed by atoms with Gasteiger partial charge in [0.25, 0.3) is 11.6 Å². The van der Waals surface area contributed by atoms with Crippen LogP contribution in [0.3, 0.4) is 0 Å². The van der Waals surface area contributed by atoms with Crippen molar-refractivity contribution < 1.29 is 14.5 Å². The molecular formula is C18H13N3O4S3. The van der Waals surface area contributed by atoms with Gasteiger partial charge >= 0.3 is 0 Å². The summed E-state index contributed by atoms with van der Waals surface area (Å²) in [5, 5.41) is 16.7. The van der Waals surface area contributed by atoms with Gasteiger partial charge in [0, 0.05) is 11.8 Å². The number of hydrogen-bond acceptors (Lipinski definition) is 7. The molecule has 28 heavy (non-hydrogen) atoms. The van der Waals surface area contributed by atoms with Gasteiger partial charge in [0.1, 0.15) is 4.32 Å². The van der Waals surface area contributed by atoms with Crippen molar-refractivity contribution in [3.8, 4) is 0 Å². The fraction of sp³-hybridized carbons (Fsp3) is 0.0556. The van der Waals surface area contributed by atoms with E-state index in [1.165, 1.54) is 6.07 Å². The highest BCUT2D eigenvalue weighted by molar-refractivity contribution is 8.26. The second-order valence-electron chi connectivity index (χ2n) is 5.54. The van der Waals surface area contributed by atoms with E-state index >= 15 is 0 Å². The SMILES string of the molecule is O=C(CSc1ccc(/C=C2\SC(=S)NC2=O)cc1[N+](=O)[O-])Nc1ccccc1. The van der Waals surface area contributed by atoms with Gasteiger partial charge in [-0.05, 0) is 29.8 Å². The number of hydrogen-bond donors (Lipinski definition) is 2. The molecule has 0 spiro atoms. The number of amides is 2. The molecule has 7 nitrogen and oxygen atoms in total. The van der Waals surface area contributed by atoms with Gasteiger partial charge in [0.2, 0.25) is 5.91 Å². The van der Waals surface area contributed by atoms with Gasteiger partial charge in [-0.2, -0.15) is 0 Å². The standard InChI is InChI=1S/C18H13N3O4S3/c22-16(19-12-4-2-1-3-5-12)10-27-14-7-6-11(8-13(14)21(24)25)9-15-17(23)20-18(26)28-15/h1-9H,10H2,(H,19,22)(H,20,23,26)/b15-9-. The Labute approximate surface area is 174 Å². The van der Waals surface area contributed by atoms with Crippen LogP contribution in [0.2, 0.25) is 0 Å². The Kier molecular flexibility index (Phi) is 6.45. The Morgan fingerprint density at radius 2 is 2.04 bits per heavy atom. The number of carbonyl (C=O) groups is 2. The number of thiocarbonyl (C=S) groups is 1. The third-order valence-electron chi connectivity index (χ3n) is 3.54. The van der Waals surface area contributed by atoms with Gasteiger partial charge in [-0.25, -0.2) is 0 Å². The second-order valence-corrected chi connectivity index (χ2v) is 8.28. The van der Waals surface area contributed by atoms with Gasteiger partial charge < -0.3 is 10.6 Å². The Morgan fingerprint density at radius 1 is 1.29 bits per heavy atom. The summed E-state index contributed by atoms with van der Waals surface area (Å²) in [6.45, 7) is 0. The molecule has 2 N–H and O–H groups in total. The van der Waals surface area contributed by atoms with Crippen LogP contribution < -0.4 is 10.6 Å². The first kappa shape index (κ1) is 20.1. The lowest BCUT2D eigenvalue weighted by molar-refractivity contribution is -0.387. The van der Waals surface area contributed by atoms with Crippen molar-refractivity contribution in [3.63, 3.8) is 0 Å². The molecule has 0 radical (unpaired) electrons. The van der Waals surface area contributed by atoms with Crippen LogP contribution in [-0.2, 0) is 9.59 Å². The average Bonchev–Trinajstić information content (AvgIpc) is 2.98. The van der Waals surface area contributed by atoms with E-state index in [1.54, 1.807) is 42.5 Å². The summed E-state index contributed by atoms with van der Waals surface area (Å²) in [6, 6.07) is 13.6. The van der Waals surface area contributed by atoms with E-state index in [1.807, 2.05) is 6.07 Å². The number of rotatable bonds is 6. The zero-order chi connectivity index (χ0) is 20.1. The van der Waals surface area contributed by atoms with Crippen LogP contribution in [0.1, 0.15) is 5.56 Å². The topological polar surface area (TPSA) is 101 Å². The minimum atomic E-state index is -0.508. The van der Waals surface area contributed by atoms with Crippen LogP contribution in [0.5, 0.6) is 0 Å². The summed E-state index contributed by atoms with van der Waals surface area (Å²) in [5.74, 6) is -0.555. The first-order valence-electron chi connectivity index (χ1n) is 7.93. The molecule has 0 saturated carbocycles. The van der Waals surface area contributed by atoms with E-state index in [9.17, 15) is 19.7 Å². The van der Waals surface area contributed by atoms with Crippen molar-refractivity contribution in [1.82, 2.24) is 5.32 Å². The Balaban J connectivity index is 1.72. The number of nitro groups is 1. The van der Waals surface area contributed by atoms with Gasteiger partial charge in [-0.1, -0.05) is 48.2 Å². The summed E-state index contributed by atoms with van der Waals surface area (Å²) >= 11 is 7.11. The maximum atomic E-state index is 12.1. The van der Waals surface area contributed by atoms with Gasteiger partial charge in [0.15, 0.2) is 0 Å². The zero-order valence-electron chi connectivity index (χ0n) is 14.2. The molecule has 3 rings (SSSR count). The lowest BCUT2D eigenvalue weighted by Gasteiger charge is -2.06. The highest BCUT2D eigenvalue weighted by Crippen LogP contribution is 2.32. The van der Waals surface area contributed by atoms with E-state index in [4.69, 9.17) is 12.2 Å². The molecule has 142 valence electrons. The summed E-state index contributed by atoms with van der Waals surface area (Å²) in [4.78, 5) is 35.5. The van der Waals surface area contributed by atoms with Crippen molar-refractivity contribution in [2.45, 2.75) is 4.90 Å². The summed E-state index contributed by atoms with van der Waals surface area (Å²) in [5.41, 5.74) is 1.04. The van der Waals surface area contributed by atoms with Crippen LogP contribution in [-0.4, -0.2) is 26.8 Å². The molecule has 0 bridgehead atoms. The molecule has 0 atom stereocenters. The molecular weight excluding hydrogens is 418 g/mol. The highest BCUT2D eigenvalue weighted by atomic mass is 32.2.